The lowest BCUT2D eigenvalue weighted by atomic mass is 9.94. The Morgan fingerprint density at radius 2 is 1.89 bits per heavy atom. The average molecular weight is 476 g/mol. The first-order chi connectivity index (χ1) is 17.1. The van der Waals surface area contributed by atoms with E-state index >= 15 is 0 Å². The monoisotopic (exact) mass is 475 g/mol. The summed E-state index contributed by atoms with van der Waals surface area (Å²) in [6.07, 6.45) is 6.44. The van der Waals surface area contributed by atoms with E-state index in [-0.39, 0.29) is 12.5 Å². The number of methoxy groups -OCH3 is 2. The number of amides is 1. The first-order valence-corrected chi connectivity index (χ1v) is 11.8. The second kappa shape index (κ2) is 9.87. The number of aromatic nitrogens is 3. The molecule has 0 radical (unpaired) electrons. The number of carbonyl (C=O) groups excluding carboxylic acids is 1. The molecule has 5 rings (SSSR count). The normalized spacial score (nSPS) is 15.9. The van der Waals surface area contributed by atoms with Crippen molar-refractivity contribution in [3.8, 4) is 22.9 Å². The minimum Gasteiger partial charge on any atom is -0.491 e. The molecule has 182 valence electrons. The zero-order chi connectivity index (χ0) is 24.4. The molecular weight excluding hydrogens is 446 g/mol. The molecule has 5 heterocycles. The zero-order valence-electron chi connectivity index (χ0n) is 20.0. The fourth-order valence-corrected chi connectivity index (χ4v) is 4.78. The van der Waals surface area contributed by atoms with Crippen LogP contribution in [-0.2, 0) is 6.54 Å². The van der Waals surface area contributed by atoms with Gasteiger partial charge in [0.25, 0.3) is 11.8 Å². The van der Waals surface area contributed by atoms with Crippen LogP contribution in [0, 0.1) is 5.92 Å². The first-order valence-electron chi connectivity index (χ1n) is 11.8. The summed E-state index contributed by atoms with van der Waals surface area (Å²) in [5.74, 6) is 2.35. The van der Waals surface area contributed by atoms with E-state index in [1.165, 1.54) is 0 Å². The summed E-state index contributed by atoms with van der Waals surface area (Å²) in [5.41, 5.74) is 3.56. The Morgan fingerprint density at radius 1 is 1.06 bits per heavy atom. The highest BCUT2D eigenvalue weighted by molar-refractivity contribution is 6.09. The average Bonchev–Trinajstić information content (AvgIpc) is 3.24. The zero-order valence-corrected chi connectivity index (χ0v) is 20.0. The fourth-order valence-electron chi connectivity index (χ4n) is 4.78. The van der Waals surface area contributed by atoms with Gasteiger partial charge in [-0.05, 0) is 55.5 Å². The lowest BCUT2D eigenvalue weighted by Crippen LogP contribution is -2.34. The third kappa shape index (κ3) is 4.51. The van der Waals surface area contributed by atoms with Gasteiger partial charge >= 0.3 is 0 Å². The van der Waals surface area contributed by atoms with Gasteiger partial charge < -0.3 is 24.4 Å². The van der Waals surface area contributed by atoms with Crippen LogP contribution in [0.25, 0.3) is 11.3 Å². The maximum Gasteiger partial charge on any atom is 0.260 e. The van der Waals surface area contributed by atoms with Crippen LogP contribution in [0.5, 0.6) is 11.6 Å². The lowest BCUT2D eigenvalue weighted by Gasteiger charge is -2.32. The van der Waals surface area contributed by atoms with Gasteiger partial charge in [-0.2, -0.15) is 0 Å². The Balaban J connectivity index is 1.31. The maximum atomic E-state index is 13.1. The van der Waals surface area contributed by atoms with Gasteiger partial charge in [-0.1, -0.05) is 0 Å². The molecule has 0 saturated carbocycles. The summed E-state index contributed by atoms with van der Waals surface area (Å²) in [4.78, 5) is 30.7. The molecule has 2 aliphatic heterocycles. The number of aliphatic hydroxyl groups excluding tert-OH is 1. The van der Waals surface area contributed by atoms with E-state index in [2.05, 4.69) is 14.9 Å². The molecule has 0 bridgehead atoms. The van der Waals surface area contributed by atoms with Crippen molar-refractivity contribution in [2.24, 2.45) is 5.92 Å². The second-order valence-electron chi connectivity index (χ2n) is 8.83. The van der Waals surface area contributed by atoms with Crippen LogP contribution >= 0.6 is 0 Å². The second-order valence-corrected chi connectivity index (χ2v) is 8.83. The van der Waals surface area contributed by atoms with E-state index < -0.39 is 0 Å². The van der Waals surface area contributed by atoms with Gasteiger partial charge in [0.2, 0.25) is 0 Å². The summed E-state index contributed by atoms with van der Waals surface area (Å²) in [5, 5.41) is 9.16. The smallest absolute Gasteiger partial charge is 0.260 e. The predicted molar refractivity (Wildman–Crippen MR) is 132 cm³/mol. The van der Waals surface area contributed by atoms with E-state index in [9.17, 15) is 4.79 Å². The Hall–Kier alpha value is -3.72. The minimum atomic E-state index is -0.0798. The van der Waals surface area contributed by atoms with Crippen molar-refractivity contribution in [1.82, 2.24) is 15.0 Å². The molecule has 1 amide bonds. The Bertz CT molecular complexity index is 1210. The summed E-state index contributed by atoms with van der Waals surface area (Å²) in [7, 11) is 3.11. The summed E-state index contributed by atoms with van der Waals surface area (Å²) >= 11 is 0. The molecule has 0 atom stereocenters. The Morgan fingerprint density at radius 3 is 2.57 bits per heavy atom. The molecule has 0 aliphatic carbocycles. The minimum absolute atomic E-state index is 0.0798. The molecule has 35 heavy (non-hydrogen) atoms. The van der Waals surface area contributed by atoms with Gasteiger partial charge in [-0.25, -0.2) is 9.97 Å². The summed E-state index contributed by atoms with van der Waals surface area (Å²) < 4.78 is 10.6. The number of carbonyl (C=O) groups is 1. The third-order valence-corrected chi connectivity index (χ3v) is 6.80. The molecule has 1 N–H and O–H groups in total. The van der Waals surface area contributed by atoms with Crippen molar-refractivity contribution in [2.75, 3.05) is 43.7 Å². The van der Waals surface area contributed by atoms with Crippen LogP contribution in [0.3, 0.4) is 0 Å². The van der Waals surface area contributed by atoms with Crippen LogP contribution in [0.1, 0.15) is 35.3 Å². The quantitative estimate of drug-likeness (QED) is 0.556. The standard InChI is InChI=1S/C26H29N5O4/c1-34-23-13-18(14-28-25(23)35-2)21-5-4-20-22(29-21)16-31(26(20)33)19-3-6-24(27-15-19)30-10-7-17(8-11-30)9-12-32/h3-6,13-15,17,32H,7-12,16H2,1-2H3. The topological polar surface area (TPSA) is 101 Å². The lowest BCUT2D eigenvalue weighted by molar-refractivity contribution is 0.0996. The first kappa shape index (κ1) is 23.0. The molecule has 0 unspecified atom stereocenters. The van der Waals surface area contributed by atoms with Gasteiger partial charge in [0, 0.05) is 31.5 Å². The van der Waals surface area contributed by atoms with Crippen LogP contribution in [0.2, 0.25) is 0 Å². The van der Waals surface area contributed by atoms with Crippen LogP contribution in [-0.4, -0.2) is 59.9 Å². The van der Waals surface area contributed by atoms with E-state index in [1.54, 1.807) is 31.5 Å². The highest BCUT2D eigenvalue weighted by Crippen LogP contribution is 2.33. The van der Waals surface area contributed by atoms with Crippen molar-refractivity contribution in [2.45, 2.75) is 25.8 Å². The predicted octanol–water partition coefficient (Wildman–Crippen LogP) is 3.32. The number of hydrogen-bond acceptors (Lipinski definition) is 8. The van der Waals surface area contributed by atoms with Crippen LogP contribution in [0.4, 0.5) is 11.5 Å². The van der Waals surface area contributed by atoms with Gasteiger partial charge in [0.15, 0.2) is 5.75 Å². The summed E-state index contributed by atoms with van der Waals surface area (Å²) in [6, 6.07) is 9.39. The molecule has 9 heteroatoms. The van der Waals surface area contributed by atoms with Crippen molar-refractivity contribution in [3.63, 3.8) is 0 Å². The molecule has 1 saturated heterocycles. The number of ether oxygens (including phenoxy) is 2. The summed E-state index contributed by atoms with van der Waals surface area (Å²) in [6.45, 7) is 2.51. The van der Waals surface area contributed by atoms with Gasteiger partial charge in [-0.15, -0.1) is 0 Å². The number of pyridine rings is 3. The fraction of sp³-hybridized carbons (Fsp3) is 0.385. The molecule has 0 spiro atoms. The van der Waals surface area contributed by atoms with Crippen LogP contribution < -0.4 is 19.3 Å². The maximum absolute atomic E-state index is 13.1. The van der Waals surface area contributed by atoms with Crippen molar-refractivity contribution in [1.29, 1.82) is 0 Å². The van der Waals surface area contributed by atoms with E-state index in [1.807, 2.05) is 30.3 Å². The Labute approximate surface area is 204 Å². The van der Waals surface area contributed by atoms with Gasteiger partial charge in [0.05, 0.1) is 49.6 Å². The number of fused-ring (bicyclic) bond motifs is 1. The number of aliphatic hydroxyl groups is 1. The van der Waals surface area contributed by atoms with Gasteiger partial charge in [0.1, 0.15) is 5.82 Å². The molecule has 1 fully saturated rings. The molecule has 3 aromatic rings. The molecule has 2 aliphatic rings. The number of nitrogens with zero attached hydrogens (tertiary/aromatic N) is 5. The van der Waals surface area contributed by atoms with Crippen molar-refractivity contribution < 1.29 is 19.4 Å². The van der Waals surface area contributed by atoms with Crippen molar-refractivity contribution in [3.05, 3.63) is 54.0 Å². The molecule has 0 aromatic carbocycles. The number of anilines is 2. The SMILES string of the molecule is COc1cc(-c2ccc3c(n2)CN(c2ccc(N4CCC(CCO)CC4)nc2)C3=O)cnc1OC. The van der Waals surface area contributed by atoms with Gasteiger partial charge in [-0.3, -0.25) is 9.78 Å². The van der Waals surface area contributed by atoms with E-state index in [4.69, 9.17) is 19.6 Å². The molecular formula is C26H29N5O4. The highest BCUT2D eigenvalue weighted by atomic mass is 16.5. The number of piperidine rings is 1. The molecule has 9 nitrogen and oxygen atoms in total. The number of hydrogen-bond donors (Lipinski definition) is 1. The van der Waals surface area contributed by atoms with Crippen molar-refractivity contribution >= 4 is 17.4 Å². The highest BCUT2D eigenvalue weighted by Gasteiger charge is 2.30. The van der Waals surface area contributed by atoms with E-state index in [0.29, 0.717) is 35.3 Å². The molecule has 3 aromatic heterocycles. The Kier molecular flexibility index (Phi) is 6.50. The van der Waals surface area contributed by atoms with Crippen LogP contribution in [0.15, 0.2) is 42.7 Å². The number of rotatable bonds is 7. The van der Waals surface area contributed by atoms with E-state index in [0.717, 1.165) is 55.1 Å². The third-order valence-electron chi connectivity index (χ3n) is 6.80. The largest absolute Gasteiger partial charge is 0.491 e.